The van der Waals surface area contributed by atoms with Gasteiger partial charge < -0.3 is 14.9 Å². The minimum Gasteiger partial charge on any atom is -0.363 e. The number of nitrogens with zero attached hydrogens (tertiary/aromatic N) is 3. The van der Waals surface area contributed by atoms with Crippen molar-refractivity contribution >= 4 is 10.0 Å². The first-order chi connectivity index (χ1) is 10.1. The Balaban J connectivity index is 1.79. The molecule has 0 bridgehead atoms. The van der Waals surface area contributed by atoms with Gasteiger partial charge in [-0.3, -0.25) is 0 Å². The van der Waals surface area contributed by atoms with Crippen molar-refractivity contribution < 1.29 is 8.42 Å². The zero-order valence-corrected chi connectivity index (χ0v) is 12.7. The summed E-state index contributed by atoms with van der Waals surface area (Å²) in [7, 11) is -3.47. The van der Waals surface area contributed by atoms with Gasteiger partial charge in [0.05, 0.1) is 11.4 Å². The average Bonchev–Trinajstić information content (AvgIpc) is 3.13. The number of hydrogen-bond acceptors (Lipinski definition) is 4. The highest BCUT2D eigenvalue weighted by atomic mass is 32.2. The van der Waals surface area contributed by atoms with Crippen LogP contribution in [-0.4, -0.2) is 40.3 Å². The third-order valence-corrected chi connectivity index (χ3v) is 5.45. The van der Waals surface area contributed by atoms with Gasteiger partial charge >= 0.3 is 0 Å². The number of H-pyrrole nitrogens is 1. The van der Waals surface area contributed by atoms with Gasteiger partial charge in [-0.25, -0.2) is 13.4 Å². The summed E-state index contributed by atoms with van der Waals surface area (Å²) in [5.41, 5.74) is 0.869. The molecule has 0 saturated heterocycles. The number of aromatic nitrogens is 3. The Morgan fingerprint density at radius 3 is 3.10 bits per heavy atom. The summed E-state index contributed by atoms with van der Waals surface area (Å²) in [5.74, 6) is 0.785. The Hall–Kier alpha value is -1.64. The maximum absolute atomic E-state index is 12.7. The number of nitrogens with one attached hydrogen (secondary N) is 2. The van der Waals surface area contributed by atoms with Crippen molar-refractivity contribution in [1.82, 2.24) is 24.2 Å². The molecule has 0 atom stereocenters. The first kappa shape index (κ1) is 14.3. The van der Waals surface area contributed by atoms with Crippen molar-refractivity contribution in [2.45, 2.75) is 31.5 Å². The fourth-order valence-corrected chi connectivity index (χ4v) is 3.84. The van der Waals surface area contributed by atoms with E-state index in [1.807, 2.05) is 17.7 Å². The van der Waals surface area contributed by atoms with Crippen LogP contribution in [0.2, 0.25) is 0 Å². The molecule has 21 heavy (non-hydrogen) atoms. The highest BCUT2D eigenvalue weighted by Crippen LogP contribution is 2.21. The van der Waals surface area contributed by atoms with E-state index >= 15 is 0 Å². The van der Waals surface area contributed by atoms with Gasteiger partial charge in [-0.2, -0.15) is 4.31 Å². The summed E-state index contributed by atoms with van der Waals surface area (Å²) in [5, 5.41) is 3.17. The molecular weight excluding hydrogens is 290 g/mol. The van der Waals surface area contributed by atoms with Gasteiger partial charge in [0, 0.05) is 43.9 Å². The van der Waals surface area contributed by atoms with Crippen LogP contribution in [0.3, 0.4) is 0 Å². The minimum absolute atomic E-state index is 0.315. The maximum Gasteiger partial charge on any atom is 0.245 e. The van der Waals surface area contributed by atoms with Crippen LogP contribution in [0.5, 0.6) is 0 Å². The van der Waals surface area contributed by atoms with Crippen molar-refractivity contribution in [3.63, 3.8) is 0 Å². The summed E-state index contributed by atoms with van der Waals surface area (Å²) in [6.07, 6.45) is 5.14. The lowest BCUT2D eigenvalue weighted by molar-refractivity contribution is 0.335. The Bertz CT molecular complexity index is 719. The topological polar surface area (TPSA) is 83.0 Å². The van der Waals surface area contributed by atoms with E-state index in [1.165, 1.54) is 4.31 Å². The zero-order chi connectivity index (χ0) is 14.9. The monoisotopic (exact) mass is 309 g/mol. The Kier molecular flexibility index (Phi) is 3.83. The number of fused-ring (bicyclic) bond motifs is 1. The van der Waals surface area contributed by atoms with Crippen LogP contribution in [0.4, 0.5) is 0 Å². The van der Waals surface area contributed by atoms with Gasteiger partial charge in [0.1, 0.15) is 5.82 Å². The molecule has 0 radical (unpaired) electrons. The van der Waals surface area contributed by atoms with E-state index in [1.54, 1.807) is 18.5 Å². The molecule has 3 heterocycles. The molecule has 0 unspecified atom stereocenters. The molecule has 0 saturated carbocycles. The maximum atomic E-state index is 12.7. The van der Waals surface area contributed by atoms with Crippen molar-refractivity contribution in [2.75, 3.05) is 13.1 Å². The quantitative estimate of drug-likeness (QED) is 0.844. The minimum atomic E-state index is -3.47. The Morgan fingerprint density at radius 1 is 1.43 bits per heavy atom. The number of sulfonamides is 1. The molecule has 0 aliphatic carbocycles. The third-order valence-electron chi connectivity index (χ3n) is 3.63. The Labute approximate surface area is 124 Å². The summed E-state index contributed by atoms with van der Waals surface area (Å²) in [6, 6.07) is 1.69. The summed E-state index contributed by atoms with van der Waals surface area (Å²) < 4.78 is 28.8. The van der Waals surface area contributed by atoms with Crippen LogP contribution in [0, 0.1) is 0 Å². The zero-order valence-electron chi connectivity index (χ0n) is 11.9. The summed E-state index contributed by atoms with van der Waals surface area (Å²) in [6.45, 7) is 4.93. The first-order valence-electron chi connectivity index (χ1n) is 6.99. The van der Waals surface area contributed by atoms with Gasteiger partial charge in [0.25, 0.3) is 0 Å². The predicted octanol–water partition coefficient (Wildman–Crippen LogP) is 0.525. The number of imidazole rings is 1. The molecule has 0 spiro atoms. The normalized spacial score (nSPS) is 16.0. The van der Waals surface area contributed by atoms with E-state index in [0.717, 1.165) is 18.1 Å². The molecule has 0 amide bonds. The van der Waals surface area contributed by atoms with Crippen LogP contribution < -0.4 is 5.32 Å². The van der Waals surface area contributed by atoms with Crippen LogP contribution in [-0.2, 0) is 29.7 Å². The summed E-state index contributed by atoms with van der Waals surface area (Å²) in [4.78, 5) is 7.52. The van der Waals surface area contributed by atoms with Crippen molar-refractivity contribution in [3.8, 4) is 0 Å². The van der Waals surface area contributed by atoms with E-state index in [2.05, 4.69) is 15.3 Å². The second-order valence-corrected chi connectivity index (χ2v) is 6.95. The molecule has 2 aromatic rings. The lowest BCUT2D eigenvalue weighted by Crippen LogP contribution is -2.38. The molecule has 0 aromatic carbocycles. The molecule has 7 nitrogen and oxygen atoms in total. The van der Waals surface area contributed by atoms with Gasteiger partial charge in [-0.15, -0.1) is 0 Å². The van der Waals surface area contributed by atoms with E-state index in [4.69, 9.17) is 0 Å². The van der Waals surface area contributed by atoms with E-state index in [9.17, 15) is 8.42 Å². The first-order valence-corrected chi connectivity index (χ1v) is 8.43. The molecule has 1 aliphatic heterocycles. The van der Waals surface area contributed by atoms with Crippen molar-refractivity contribution in [1.29, 1.82) is 0 Å². The molecule has 114 valence electrons. The molecule has 8 heteroatoms. The van der Waals surface area contributed by atoms with Gasteiger partial charge in [0.15, 0.2) is 0 Å². The molecule has 0 fully saturated rings. The molecular formula is C13H19N5O2S. The fourth-order valence-electron chi connectivity index (χ4n) is 2.44. The smallest absolute Gasteiger partial charge is 0.245 e. The Morgan fingerprint density at radius 2 is 2.29 bits per heavy atom. The number of aromatic amines is 1. The molecule has 1 aliphatic rings. The third kappa shape index (κ3) is 2.74. The van der Waals surface area contributed by atoms with Crippen LogP contribution >= 0.6 is 0 Å². The molecule has 3 rings (SSSR count). The van der Waals surface area contributed by atoms with Gasteiger partial charge in [-0.1, -0.05) is 6.92 Å². The van der Waals surface area contributed by atoms with Crippen LogP contribution in [0.25, 0.3) is 0 Å². The van der Waals surface area contributed by atoms with E-state index in [-0.39, 0.29) is 0 Å². The summed E-state index contributed by atoms with van der Waals surface area (Å²) >= 11 is 0. The van der Waals surface area contributed by atoms with Crippen LogP contribution in [0.1, 0.15) is 18.4 Å². The number of hydrogen-bond donors (Lipinski definition) is 2. The SMILES string of the molecule is CCNCc1cc(S(=O)(=O)N2CCn3ccnc3C2)c[nH]1. The highest BCUT2D eigenvalue weighted by molar-refractivity contribution is 7.89. The van der Waals surface area contributed by atoms with Crippen LogP contribution in [0.15, 0.2) is 29.6 Å². The average molecular weight is 309 g/mol. The van der Waals surface area contributed by atoms with Crippen molar-refractivity contribution in [3.05, 3.63) is 36.2 Å². The molecule has 2 N–H and O–H groups in total. The lowest BCUT2D eigenvalue weighted by Gasteiger charge is -2.26. The van der Waals surface area contributed by atoms with E-state index < -0.39 is 10.0 Å². The lowest BCUT2D eigenvalue weighted by atomic mass is 10.4. The van der Waals surface area contributed by atoms with Gasteiger partial charge in [0.2, 0.25) is 10.0 Å². The number of rotatable bonds is 5. The fraction of sp³-hybridized carbons (Fsp3) is 0.462. The largest absolute Gasteiger partial charge is 0.363 e. The van der Waals surface area contributed by atoms with Gasteiger partial charge in [-0.05, 0) is 12.6 Å². The second-order valence-electron chi connectivity index (χ2n) is 5.02. The highest BCUT2D eigenvalue weighted by Gasteiger charge is 2.29. The predicted molar refractivity (Wildman–Crippen MR) is 78.0 cm³/mol. The standard InChI is InChI=1S/C13H19N5O2S/c1-2-14-8-11-7-12(9-16-11)21(19,20)18-6-5-17-4-3-15-13(17)10-18/h3-4,7,9,14,16H,2,5-6,8,10H2,1H3. The molecule has 2 aromatic heterocycles. The van der Waals surface area contributed by atoms with Crippen molar-refractivity contribution in [2.24, 2.45) is 0 Å². The van der Waals surface area contributed by atoms with E-state index in [0.29, 0.717) is 31.1 Å². The second kappa shape index (κ2) is 5.63.